The summed E-state index contributed by atoms with van der Waals surface area (Å²) in [6.07, 6.45) is -51.6. The number of ether oxygens (including phenoxy) is 15. The predicted molar refractivity (Wildman–Crippen MR) is 365 cm³/mol. The van der Waals surface area contributed by atoms with Crippen molar-refractivity contribution >= 4 is 24.3 Å². The summed E-state index contributed by atoms with van der Waals surface area (Å²) in [5.74, 6) is -4.26. The van der Waals surface area contributed by atoms with Crippen LogP contribution in [0.15, 0.2) is 11.6 Å². The lowest BCUT2D eigenvalue weighted by Gasteiger charge is -2.71. The average Bonchev–Trinajstić information content (AvgIpc) is 1.62. The van der Waals surface area contributed by atoms with E-state index in [9.17, 15) is 106 Å². The van der Waals surface area contributed by atoms with Crippen LogP contribution in [-0.4, -0.2) is 358 Å². The van der Waals surface area contributed by atoms with Crippen molar-refractivity contribution in [3.05, 3.63) is 11.6 Å². The topological polar surface area (TPSA) is 583 Å². The maximum Gasteiger partial charge on any atom is 0.407 e. The third kappa shape index (κ3) is 15.2. The number of fused-ring (bicyclic) bond motifs is 7. The Morgan fingerprint density at radius 2 is 1.19 bits per heavy atom. The summed E-state index contributed by atoms with van der Waals surface area (Å²) >= 11 is 0. The molecule has 41 atom stereocenters. The molecule has 19 N–H and O–H groups in total. The Balaban J connectivity index is 0.802. The zero-order valence-corrected chi connectivity index (χ0v) is 63.5. The molecule has 0 aromatic heterocycles. The Morgan fingerprint density at radius 1 is 0.577 bits per heavy atom. The molecular formula is C73H115NO37. The summed E-state index contributed by atoms with van der Waals surface area (Å²) < 4.78 is 89.5. The molecule has 7 saturated heterocycles. The monoisotopic (exact) mass is 1600 g/mol. The molecule has 5 aliphatic carbocycles. The molecule has 12 rings (SSSR count). The Labute approximate surface area is 639 Å². The van der Waals surface area contributed by atoms with Gasteiger partial charge >= 0.3 is 18.0 Å². The van der Waals surface area contributed by atoms with Gasteiger partial charge in [0, 0.05) is 0 Å². The van der Waals surface area contributed by atoms with Gasteiger partial charge in [-0.25, -0.2) is 9.59 Å². The normalized spacial score (nSPS) is 52.5. The van der Waals surface area contributed by atoms with E-state index in [1.165, 1.54) is 13.8 Å². The van der Waals surface area contributed by atoms with Crippen molar-refractivity contribution in [2.24, 2.45) is 50.2 Å². The highest BCUT2D eigenvalue weighted by Gasteiger charge is 2.73. The number of carbonyl (C=O) groups excluding carboxylic acids is 3. The van der Waals surface area contributed by atoms with E-state index < -0.39 is 291 Å². The molecule has 38 heteroatoms. The lowest BCUT2D eigenvalue weighted by Crippen LogP contribution is -2.70. The second-order valence-corrected chi connectivity index (χ2v) is 34.4. The molecule has 18 unspecified atom stereocenters. The van der Waals surface area contributed by atoms with Crippen molar-refractivity contribution in [1.29, 1.82) is 0 Å². The van der Waals surface area contributed by atoms with Gasteiger partial charge in [-0.1, -0.05) is 60.1 Å². The Bertz CT molecular complexity index is 3290. The minimum Gasteiger partial charge on any atom is -0.479 e. The van der Waals surface area contributed by atoms with E-state index in [0.29, 0.717) is 38.5 Å². The number of alkyl carbamates (subject to hydrolysis) is 1. The van der Waals surface area contributed by atoms with Crippen molar-refractivity contribution < 1.29 is 182 Å². The van der Waals surface area contributed by atoms with Crippen LogP contribution in [0.5, 0.6) is 0 Å². The number of hydrogen-bond donors (Lipinski definition) is 19. The molecular weight excluding hydrogens is 1480 g/mol. The summed E-state index contributed by atoms with van der Waals surface area (Å²) in [5.41, 5.74) is -6.82. The van der Waals surface area contributed by atoms with Crippen molar-refractivity contribution in [3.63, 3.8) is 0 Å². The lowest BCUT2D eigenvalue weighted by atomic mass is 9.33. The van der Waals surface area contributed by atoms with Crippen LogP contribution in [0.1, 0.15) is 127 Å². The first-order valence-corrected chi connectivity index (χ1v) is 38.6. The molecule has 4 saturated carbocycles. The van der Waals surface area contributed by atoms with Crippen molar-refractivity contribution in [2.45, 2.75) is 329 Å². The van der Waals surface area contributed by atoms with Crippen LogP contribution in [0.3, 0.4) is 0 Å². The van der Waals surface area contributed by atoms with Gasteiger partial charge in [0.1, 0.15) is 133 Å². The quantitative estimate of drug-likeness (QED) is 0.0221. The van der Waals surface area contributed by atoms with Gasteiger partial charge in [0.2, 0.25) is 6.29 Å². The molecule has 7 heterocycles. The van der Waals surface area contributed by atoms with Crippen LogP contribution in [0.25, 0.3) is 0 Å². The van der Waals surface area contributed by atoms with E-state index in [0.717, 1.165) is 11.9 Å². The van der Waals surface area contributed by atoms with Gasteiger partial charge in [0.05, 0.1) is 69.4 Å². The maximum atomic E-state index is 16.0. The Hall–Kier alpha value is -3.58. The van der Waals surface area contributed by atoms with Gasteiger partial charge in [-0.15, -0.1) is 0 Å². The molecule has 634 valence electrons. The number of aliphatic hydroxyl groups excluding tert-OH is 16. The first-order chi connectivity index (χ1) is 52.2. The van der Waals surface area contributed by atoms with Crippen LogP contribution in [-0.2, 0) is 85.4 Å². The van der Waals surface area contributed by atoms with Crippen LogP contribution in [0.4, 0.5) is 4.79 Å². The van der Waals surface area contributed by atoms with E-state index >= 15 is 4.79 Å². The number of esters is 1. The molecule has 0 aromatic carbocycles. The second kappa shape index (κ2) is 33.0. The third-order valence-electron chi connectivity index (χ3n) is 27.6. The number of amides is 1. The fraction of sp³-hybridized carbons (Fsp3) is 0.918. The maximum absolute atomic E-state index is 16.0. The fourth-order valence-electron chi connectivity index (χ4n) is 20.7. The number of nitrogens with one attached hydrogen (secondary N) is 1. The minimum absolute atomic E-state index is 0.00894. The highest BCUT2D eigenvalue weighted by molar-refractivity contribution is 5.80. The number of allylic oxidation sites excluding steroid dienone is 2. The molecule has 0 aromatic rings. The minimum atomic E-state index is -2.24. The first-order valence-electron chi connectivity index (χ1n) is 38.6. The number of carboxylic acids is 1. The van der Waals surface area contributed by atoms with Crippen LogP contribution < -0.4 is 5.32 Å². The van der Waals surface area contributed by atoms with Crippen LogP contribution in [0.2, 0.25) is 0 Å². The van der Waals surface area contributed by atoms with Crippen molar-refractivity contribution in [3.8, 4) is 0 Å². The van der Waals surface area contributed by atoms with E-state index in [-0.39, 0.29) is 44.8 Å². The van der Waals surface area contributed by atoms with Crippen LogP contribution in [0, 0.1) is 50.2 Å². The first kappa shape index (κ1) is 86.8. The number of aliphatic carboxylic acids is 1. The molecule has 0 bridgehead atoms. The van der Waals surface area contributed by atoms with Gasteiger partial charge in [-0.3, -0.25) is 4.79 Å². The van der Waals surface area contributed by atoms with E-state index in [4.69, 9.17) is 71.1 Å². The summed E-state index contributed by atoms with van der Waals surface area (Å²) in [5, 5.41) is 204. The molecule has 1 amide bonds. The van der Waals surface area contributed by atoms with Gasteiger partial charge in [0.15, 0.2) is 49.9 Å². The van der Waals surface area contributed by atoms with Gasteiger partial charge in [-0.05, 0) is 117 Å². The zero-order chi connectivity index (χ0) is 81.1. The number of hydrogen-bond acceptors (Lipinski definition) is 36. The summed E-state index contributed by atoms with van der Waals surface area (Å²) in [7, 11) is 0. The lowest BCUT2D eigenvalue weighted by molar-refractivity contribution is -0.391. The number of rotatable bonds is 21. The molecule has 0 spiro atoms. The molecule has 11 fully saturated rings. The highest BCUT2D eigenvalue weighted by atomic mass is 16.8. The van der Waals surface area contributed by atoms with Crippen LogP contribution >= 0.6 is 0 Å². The van der Waals surface area contributed by atoms with Gasteiger partial charge < -0.3 is 173 Å². The van der Waals surface area contributed by atoms with Crippen molar-refractivity contribution in [1.82, 2.24) is 5.32 Å². The summed E-state index contributed by atoms with van der Waals surface area (Å²) in [4.78, 5) is 56.5. The average molecular weight is 1600 g/mol. The SMILES string of the molecule is CCOC(=O)N[C@H]1C(CO)O[C@@H](OC(=O)[C@]23CCC(C)(C)CC2C2=CCC4C5(C)CC[C@H](O[C@@H]6OC(C(=O)O)[C@@H](O)[C@H](O[C@@H]7OC[C@@H](O)[C@H](O)C7O)C6O[C@@H]6OC(CO)[C@H](O)[C@H](O)C6O)[C@](C)(C=O)[C@@H]5CC[C@]4(C)[C@]2(C)CC3O)C(O[C@@H]2OC(C)[C@H](O[C@@H]3OC[C@@H](O)C(O[C@@H]4OCC(O)(CC)[C@@H]4O)C3O)C(O)C2O)C1O. The zero-order valence-electron chi connectivity index (χ0n) is 63.5. The summed E-state index contributed by atoms with van der Waals surface area (Å²) in [6, 6.07) is -1.57. The highest BCUT2D eigenvalue weighted by Crippen LogP contribution is 2.76. The number of aldehydes is 1. The Kier molecular flexibility index (Phi) is 25.8. The molecule has 111 heavy (non-hydrogen) atoms. The molecule has 12 aliphatic rings. The van der Waals surface area contributed by atoms with E-state index in [1.807, 2.05) is 13.8 Å². The van der Waals surface area contributed by atoms with Gasteiger partial charge in [0.25, 0.3) is 0 Å². The smallest absolute Gasteiger partial charge is 0.407 e. The number of aliphatic hydroxyl groups is 17. The second-order valence-electron chi connectivity index (χ2n) is 34.4. The van der Waals surface area contributed by atoms with Crippen molar-refractivity contribution in [2.75, 3.05) is 39.6 Å². The third-order valence-corrected chi connectivity index (χ3v) is 27.6. The largest absolute Gasteiger partial charge is 0.479 e. The van der Waals surface area contributed by atoms with E-state index in [2.05, 4.69) is 32.2 Å². The molecule has 38 nitrogen and oxygen atoms in total. The number of carboxylic acid groups (broad SMARTS) is 1. The molecule has 0 radical (unpaired) electrons. The number of carbonyl (C=O) groups is 4. The predicted octanol–water partition coefficient (Wildman–Crippen LogP) is -5.20. The van der Waals surface area contributed by atoms with E-state index in [1.54, 1.807) is 13.8 Å². The summed E-state index contributed by atoms with van der Waals surface area (Å²) in [6.45, 7) is 13.3. The van der Waals surface area contributed by atoms with Gasteiger partial charge in [-0.2, -0.15) is 0 Å². The Morgan fingerprint density at radius 3 is 1.84 bits per heavy atom. The molecule has 7 aliphatic heterocycles. The standard InChI is InChI=1S/C73H115NO37/c1-10-72(96)27-100-64(56(72)91)106-51-32(79)25-99-59(49(51)90)105-50-28(3)101-60(47(88)44(50)85)109-54-42(83)39(74-66(95)97-11-2)33(22-75)102-62(54)111-65(94)73-19-18-67(4,5)20-30(73)29-12-13-36-68(6)16-15-38(69(7,26-77)35(68)14-17-70(36,8)71(29,9)21-37(73)80)104-63-55(110-61-46(87)43(84)41(82)34(23-76)103-61)52(48(89)53(108-63)57(92)93)107-58-45(86)40(81)31(78)24-98-58/h12,26,28,30-56,58-64,75-76,78-91,96H,10-11,13-25,27H2,1-9H3,(H,74,95)(H,92,93)/t28?,30?,31-,32-,33?,34?,35-,36?,37?,38+,39+,40+,41+,42?,43+,44?,45?,46?,47?,48+,49?,50+,51?,52+,53?,54?,55?,56-,58+,59+,60+,61+,62+,63-,64+,68?,69-,70+,71-,72?,73-/m1/s1. The fourth-order valence-corrected chi connectivity index (χ4v) is 20.7.